The first kappa shape index (κ1) is 19.8. The van der Waals surface area contributed by atoms with Crippen molar-refractivity contribution in [3.8, 4) is 5.75 Å². The fourth-order valence-corrected chi connectivity index (χ4v) is 4.79. The summed E-state index contributed by atoms with van der Waals surface area (Å²) in [6.07, 6.45) is 0.219. The van der Waals surface area contributed by atoms with Crippen molar-refractivity contribution in [2.75, 3.05) is 20.2 Å². The van der Waals surface area contributed by atoms with Gasteiger partial charge in [0.25, 0.3) is 0 Å². The summed E-state index contributed by atoms with van der Waals surface area (Å²) >= 11 is 0. The van der Waals surface area contributed by atoms with E-state index in [9.17, 15) is 0 Å². The molecular weight excluding hydrogens is 380 g/mol. The molecule has 3 heteroatoms. The summed E-state index contributed by atoms with van der Waals surface area (Å²) in [6, 6.07) is 34.6. The highest BCUT2D eigenvalue weighted by atomic mass is 16.5. The summed E-state index contributed by atoms with van der Waals surface area (Å²) in [5, 5.41) is 2.44. The van der Waals surface area contributed by atoms with Gasteiger partial charge in [0, 0.05) is 31.6 Å². The second kappa shape index (κ2) is 8.93. The molecule has 1 saturated heterocycles. The molecule has 0 N–H and O–H groups in total. The van der Waals surface area contributed by atoms with E-state index in [1.54, 1.807) is 7.11 Å². The van der Waals surface area contributed by atoms with Gasteiger partial charge in [0.15, 0.2) is 0 Å². The van der Waals surface area contributed by atoms with Crippen LogP contribution in [0.3, 0.4) is 0 Å². The average Bonchev–Trinajstić information content (AvgIpc) is 3.21. The monoisotopic (exact) mass is 408 g/mol. The first-order valence-electron chi connectivity index (χ1n) is 10.9. The highest BCUT2D eigenvalue weighted by molar-refractivity contribution is 5.91. The molecule has 0 bridgehead atoms. The minimum atomic E-state index is 0.219. The first-order chi connectivity index (χ1) is 15.3. The molecule has 3 nitrogen and oxygen atoms in total. The Morgan fingerprint density at radius 1 is 0.645 bits per heavy atom. The zero-order valence-corrected chi connectivity index (χ0v) is 17.9. The molecule has 4 aromatic rings. The molecule has 4 aromatic carbocycles. The summed E-state index contributed by atoms with van der Waals surface area (Å²) in [5.41, 5.74) is 4.06. The van der Waals surface area contributed by atoms with Crippen molar-refractivity contribution < 1.29 is 4.74 Å². The van der Waals surface area contributed by atoms with Crippen LogP contribution in [0.2, 0.25) is 0 Å². The third kappa shape index (κ3) is 4.07. The smallest absolute Gasteiger partial charge is 0.126 e. The predicted molar refractivity (Wildman–Crippen MR) is 127 cm³/mol. The third-order valence-corrected chi connectivity index (χ3v) is 6.24. The molecule has 0 aromatic heterocycles. The Morgan fingerprint density at radius 3 is 1.71 bits per heavy atom. The number of benzene rings is 4. The molecule has 0 amide bonds. The number of nitrogens with zero attached hydrogens (tertiary/aromatic N) is 2. The van der Waals surface area contributed by atoms with Gasteiger partial charge in [-0.3, -0.25) is 9.80 Å². The molecule has 0 unspecified atom stereocenters. The van der Waals surface area contributed by atoms with Crippen molar-refractivity contribution in [1.82, 2.24) is 9.80 Å². The largest absolute Gasteiger partial charge is 0.496 e. The van der Waals surface area contributed by atoms with Crippen LogP contribution >= 0.6 is 0 Å². The van der Waals surface area contributed by atoms with Crippen molar-refractivity contribution in [3.05, 3.63) is 114 Å². The SMILES string of the molecule is COc1ccc(C2N(Cc3ccccc3)CCN2Cc2ccccc2)c2ccccc12. The maximum Gasteiger partial charge on any atom is 0.126 e. The zero-order chi connectivity index (χ0) is 21.0. The van der Waals surface area contributed by atoms with Crippen LogP contribution in [0.1, 0.15) is 22.9 Å². The predicted octanol–water partition coefficient (Wildman–Crippen LogP) is 5.87. The van der Waals surface area contributed by atoms with Gasteiger partial charge in [-0.25, -0.2) is 0 Å². The van der Waals surface area contributed by atoms with E-state index in [0.717, 1.165) is 31.9 Å². The Balaban J connectivity index is 1.56. The Kier molecular flexibility index (Phi) is 5.70. The van der Waals surface area contributed by atoms with Crippen molar-refractivity contribution in [2.45, 2.75) is 19.3 Å². The molecule has 1 aliphatic rings. The number of ether oxygens (including phenoxy) is 1. The van der Waals surface area contributed by atoms with Gasteiger partial charge in [0.05, 0.1) is 13.3 Å². The summed E-state index contributed by atoms with van der Waals surface area (Å²) in [7, 11) is 1.75. The van der Waals surface area contributed by atoms with Gasteiger partial charge in [-0.05, 0) is 28.1 Å². The Hall–Kier alpha value is -3.14. The van der Waals surface area contributed by atoms with Crippen molar-refractivity contribution >= 4 is 10.8 Å². The molecule has 5 rings (SSSR count). The summed E-state index contributed by atoms with van der Waals surface area (Å²) < 4.78 is 5.66. The number of hydrogen-bond acceptors (Lipinski definition) is 3. The zero-order valence-electron chi connectivity index (χ0n) is 17.9. The fourth-order valence-electron chi connectivity index (χ4n) is 4.79. The van der Waals surface area contributed by atoms with E-state index in [1.807, 2.05) is 0 Å². The lowest BCUT2D eigenvalue weighted by Crippen LogP contribution is -2.30. The van der Waals surface area contributed by atoms with E-state index < -0.39 is 0 Å². The topological polar surface area (TPSA) is 15.7 Å². The lowest BCUT2D eigenvalue weighted by atomic mass is 10.00. The third-order valence-electron chi connectivity index (χ3n) is 6.24. The van der Waals surface area contributed by atoms with E-state index in [0.29, 0.717) is 0 Å². The van der Waals surface area contributed by atoms with Crippen molar-refractivity contribution in [2.24, 2.45) is 0 Å². The van der Waals surface area contributed by atoms with Crippen LogP contribution in [0.4, 0.5) is 0 Å². The minimum absolute atomic E-state index is 0.219. The van der Waals surface area contributed by atoms with Gasteiger partial charge in [-0.1, -0.05) is 91.0 Å². The highest BCUT2D eigenvalue weighted by Crippen LogP contribution is 2.39. The lowest BCUT2D eigenvalue weighted by molar-refractivity contribution is 0.127. The van der Waals surface area contributed by atoms with Gasteiger partial charge < -0.3 is 4.74 Å². The molecule has 1 fully saturated rings. The summed E-state index contributed by atoms with van der Waals surface area (Å²) in [4.78, 5) is 5.21. The van der Waals surface area contributed by atoms with E-state index >= 15 is 0 Å². The van der Waals surface area contributed by atoms with Crippen LogP contribution in [0.5, 0.6) is 5.75 Å². The van der Waals surface area contributed by atoms with Crippen LogP contribution in [0.15, 0.2) is 97.1 Å². The maximum atomic E-state index is 5.66. The number of hydrogen-bond donors (Lipinski definition) is 0. The fraction of sp³-hybridized carbons (Fsp3) is 0.214. The van der Waals surface area contributed by atoms with E-state index in [1.165, 1.54) is 27.5 Å². The van der Waals surface area contributed by atoms with Gasteiger partial charge in [0.2, 0.25) is 0 Å². The van der Waals surface area contributed by atoms with Crippen molar-refractivity contribution in [3.63, 3.8) is 0 Å². The first-order valence-corrected chi connectivity index (χ1v) is 10.9. The van der Waals surface area contributed by atoms with Gasteiger partial charge in [0.1, 0.15) is 5.75 Å². The Labute approximate surface area is 184 Å². The van der Waals surface area contributed by atoms with Gasteiger partial charge >= 0.3 is 0 Å². The molecule has 0 radical (unpaired) electrons. The number of fused-ring (bicyclic) bond motifs is 1. The molecule has 1 aliphatic heterocycles. The van der Waals surface area contributed by atoms with Crippen LogP contribution in [-0.4, -0.2) is 30.0 Å². The standard InChI is InChI=1S/C28H28N2O/c1-31-27-17-16-26(24-14-8-9-15-25(24)27)28-29(20-22-10-4-2-5-11-22)18-19-30(28)21-23-12-6-3-7-13-23/h2-17,28H,18-21H2,1H3. The normalized spacial score (nSPS) is 15.5. The number of rotatable bonds is 6. The minimum Gasteiger partial charge on any atom is -0.496 e. The average molecular weight is 409 g/mol. The van der Waals surface area contributed by atoms with Crippen LogP contribution in [-0.2, 0) is 13.1 Å². The second-order valence-corrected chi connectivity index (χ2v) is 8.19. The van der Waals surface area contributed by atoms with Gasteiger partial charge in [-0.2, -0.15) is 0 Å². The molecule has 0 saturated carbocycles. The van der Waals surface area contributed by atoms with Crippen LogP contribution in [0, 0.1) is 0 Å². The quantitative estimate of drug-likeness (QED) is 0.397. The second-order valence-electron chi connectivity index (χ2n) is 8.19. The molecule has 0 atom stereocenters. The molecule has 156 valence electrons. The Bertz CT molecular complexity index is 1090. The summed E-state index contributed by atoms with van der Waals surface area (Å²) in [6.45, 7) is 3.98. The lowest BCUT2D eigenvalue weighted by Gasteiger charge is -2.32. The van der Waals surface area contributed by atoms with Gasteiger partial charge in [-0.15, -0.1) is 0 Å². The molecule has 31 heavy (non-hydrogen) atoms. The molecule has 0 spiro atoms. The Morgan fingerprint density at radius 2 is 1.16 bits per heavy atom. The highest BCUT2D eigenvalue weighted by Gasteiger charge is 2.34. The van der Waals surface area contributed by atoms with E-state index in [2.05, 4.69) is 107 Å². The molecule has 0 aliphatic carbocycles. The van der Waals surface area contributed by atoms with Crippen LogP contribution in [0.25, 0.3) is 10.8 Å². The van der Waals surface area contributed by atoms with E-state index in [-0.39, 0.29) is 6.17 Å². The van der Waals surface area contributed by atoms with E-state index in [4.69, 9.17) is 4.74 Å². The maximum absolute atomic E-state index is 5.66. The van der Waals surface area contributed by atoms with Crippen LogP contribution < -0.4 is 4.74 Å². The van der Waals surface area contributed by atoms with Crippen molar-refractivity contribution in [1.29, 1.82) is 0 Å². The molecule has 1 heterocycles. The summed E-state index contributed by atoms with van der Waals surface area (Å²) in [5.74, 6) is 0.932. The molecular formula is C28H28N2O. The number of methoxy groups -OCH3 is 1.